The topological polar surface area (TPSA) is 115 Å². The van der Waals surface area contributed by atoms with Gasteiger partial charge in [-0.3, -0.25) is 9.78 Å². The Labute approximate surface area is 138 Å². The number of hydrogen-bond acceptors (Lipinski definition) is 5. The molecule has 0 bridgehead atoms. The predicted molar refractivity (Wildman–Crippen MR) is 90.6 cm³/mol. The monoisotopic (exact) mass is 352 g/mol. The van der Waals surface area contributed by atoms with Gasteiger partial charge in [-0.2, -0.15) is 4.31 Å². The van der Waals surface area contributed by atoms with E-state index >= 15 is 0 Å². The van der Waals surface area contributed by atoms with Gasteiger partial charge >= 0.3 is 5.69 Å². The third kappa shape index (κ3) is 3.14. The van der Waals surface area contributed by atoms with Crippen LogP contribution in [-0.2, 0) is 10.0 Å². The number of nitrogens with one attached hydrogen (secondary N) is 3. The van der Waals surface area contributed by atoms with E-state index in [0.29, 0.717) is 18.6 Å². The van der Waals surface area contributed by atoms with Gasteiger partial charge in [0.05, 0.1) is 15.8 Å². The van der Waals surface area contributed by atoms with Gasteiger partial charge in [0.25, 0.3) is 5.56 Å². The SMILES string of the molecule is CNCC1CCCN(S(=O)(=O)c2ccc3[nH]c(=O)[nH]c(=O)c3c2)C1. The molecule has 1 unspecified atom stereocenters. The van der Waals surface area contributed by atoms with E-state index in [1.165, 1.54) is 22.5 Å². The number of hydrogen-bond donors (Lipinski definition) is 3. The Morgan fingerprint density at radius 2 is 2.08 bits per heavy atom. The smallest absolute Gasteiger partial charge is 0.319 e. The van der Waals surface area contributed by atoms with E-state index in [2.05, 4.69) is 15.3 Å². The number of benzene rings is 1. The van der Waals surface area contributed by atoms with Crippen LogP contribution in [0, 0.1) is 5.92 Å². The number of H-pyrrole nitrogens is 2. The maximum Gasteiger partial charge on any atom is 0.326 e. The maximum absolute atomic E-state index is 12.9. The largest absolute Gasteiger partial charge is 0.326 e. The first-order valence-corrected chi connectivity index (χ1v) is 9.27. The fraction of sp³-hybridized carbons (Fsp3) is 0.467. The maximum atomic E-state index is 12.9. The van der Waals surface area contributed by atoms with E-state index in [1.807, 2.05) is 7.05 Å². The lowest BCUT2D eigenvalue weighted by molar-refractivity contribution is 0.263. The number of piperidine rings is 1. The summed E-state index contributed by atoms with van der Waals surface area (Å²) >= 11 is 0. The summed E-state index contributed by atoms with van der Waals surface area (Å²) in [6.45, 7) is 1.70. The van der Waals surface area contributed by atoms with E-state index < -0.39 is 21.3 Å². The molecule has 1 aromatic carbocycles. The van der Waals surface area contributed by atoms with Crippen LogP contribution in [0.15, 0.2) is 32.7 Å². The van der Waals surface area contributed by atoms with Gasteiger partial charge in [0, 0.05) is 13.1 Å². The van der Waals surface area contributed by atoms with Crippen LogP contribution in [0.1, 0.15) is 12.8 Å². The molecule has 3 N–H and O–H groups in total. The van der Waals surface area contributed by atoms with Crippen molar-refractivity contribution < 1.29 is 8.42 Å². The van der Waals surface area contributed by atoms with Crippen LogP contribution in [0.4, 0.5) is 0 Å². The molecule has 1 aliphatic heterocycles. The van der Waals surface area contributed by atoms with Crippen molar-refractivity contribution in [3.8, 4) is 0 Å². The molecule has 0 saturated carbocycles. The zero-order valence-corrected chi connectivity index (χ0v) is 14.1. The first-order valence-electron chi connectivity index (χ1n) is 7.83. The van der Waals surface area contributed by atoms with Crippen LogP contribution in [0.3, 0.4) is 0 Å². The number of aromatic amines is 2. The van der Waals surface area contributed by atoms with Crippen LogP contribution < -0.4 is 16.6 Å². The molecule has 0 spiro atoms. The average Bonchev–Trinajstić information content (AvgIpc) is 2.55. The summed E-state index contributed by atoms with van der Waals surface area (Å²) in [4.78, 5) is 27.9. The summed E-state index contributed by atoms with van der Waals surface area (Å²) in [5.41, 5.74) is -0.902. The molecule has 2 heterocycles. The van der Waals surface area contributed by atoms with Crippen LogP contribution in [-0.4, -0.2) is 49.4 Å². The second kappa shape index (κ2) is 6.50. The highest BCUT2D eigenvalue weighted by atomic mass is 32.2. The van der Waals surface area contributed by atoms with Crippen LogP contribution in [0.5, 0.6) is 0 Å². The second-order valence-electron chi connectivity index (χ2n) is 6.04. The lowest BCUT2D eigenvalue weighted by Gasteiger charge is -2.31. The second-order valence-corrected chi connectivity index (χ2v) is 7.98. The quantitative estimate of drug-likeness (QED) is 0.707. The van der Waals surface area contributed by atoms with Crippen molar-refractivity contribution in [1.82, 2.24) is 19.6 Å². The number of rotatable bonds is 4. The molecule has 1 saturated heterocycles. The Balaban J connectivity index is 1.99. The highest BCUT2D eigenvalue weighted by Crippen LogP contribution is 2.24. The van der Waals surface area contributed by atoms with E-state index in [9.17, 15) is 18.0 Å². The molecule has 3 rings (SSSR count). The minimum atomic E-state index is -3.67. The molecule has 1 fully saturated rings. The first-order chi connectivity index (χ1) is 11.4. The van der Waals surface area contributed by atoms with Gasteiger partial charge in [0.15, 0.2) is 0 Å². The van der Waals surface area contributed by atoms with Gasteiger partial charge in [-0.15, -0.1) is 0 Å². The predicted octanol–water partition coefficient (Wildman–Crippen LogP) is -0.163. The number of fused-ring (bicyclic) bond motifs is 1. The van der Waals surface area contributed by atoms with Crippen molar-refractivity contribution in [2.75, 3.05) is 26.7 Å². The summed E-state index contributed by atoms with van der Waals surface area (Å²) in [7, 11) is -1.82. The van der Waals surface area contributed by atoms with Crippen molar-refractivity contribution in [2.24, 2.45) is 5.92 Å². The first kappa shape index (κ1) is 16.9. The Morgan fingerprint density at radius 3 is 2.83 bits per heavy atom. The van der Waals surface area contributed by atoms with Gasteiger partial charge in [0.2, 0.25) is 10.0 Å². The van der Waals surface area contributed by atoms with E-state index in [1.54, 1.807) is 0 Å². The van der Waals surface area contributed by atoms with Crippen LogP contribution >= 0.6 is 0 Å². The van der Waals surface area contributed by atoms with Crippen molar-refractivity contribution >= 4 is 20.9 Å². The molecule has 130 valence electrons. The van der Waals surface area contributed by atoms with Crippen molar-refractivity contribution in [1.29, 1.82) is 0 Å². The summed E-state index contributed by atoms with van der Waals surface area (Å²) in [5.74, 6) is 0.277. The molecule has 24 heavy (non-hydrogen) atoms. The van der Waals surface area contributed by atoms with Gasteiger partial charge < -0.3 is 10.3 Å². The summed E-state index contributed by atoms with van der Waals surface area (Å²) in [6.07, 6.45) is 1.80. The molecule has 0 radical (unpaired) electrons. The van der Waals surface area contributed by atoms with E-state index in [0.717, 1.165) is 19.4 Å². The highest BCUT2D eigenvalue weighted by molar-refractivity contribution is 7.89. The van der Waals surface area contributed by atoms with Crippen molar-refractivity contribution in [2.45, 2.75) is 17.7 Å². The third-order valence-corrected chi connectivity index (χ3v) is 6.18. The Bertz CT molecular complexity index is 961. The molecule has 0 aliphatic carbocycles. The molecule has 0 amide bonds. The van der Waals surface area contributed by atoms with Crippen molar-refractivity contribution in [3.05, 3.63) is 39.0 Å². The van der Waals surface area contributed by atoms with Crippen molar-refractivity contribution in [3.63, 3.8) is 0 Å². The highest BCUT2D eigenvalue weighted by Gasteiger charge is 2.30. The summed E-state index contributed by atoms with van der Waals surface area (Å²) < 4.78 is 27.2. The lowest BCUT2D eigenvalue weighted by Crippen LogP contribution is -2.42. The van der Waals surface area contributed by atoms with Gasteiger partial charge in [-0.25, -0.2) is 13.2 Å². The lowest BCUT2D eigenvalue weighted by atomic mass is 10.00. The zero-order chi connectivity index (χ0) is 17.3. The standard InChI is InChI=1S/C15H20N4O4S/c1-16-8-10-3-2-6-19(9-10)24(22,23)11-4-5-13-12(7-11)14(20)18-15(21)17-13/h4-5,7,10,16H,2-3,6,8-9H2,1H3,(H2,17,18,20,21). The Kier molecular flexibility index (Phi) is 4.57. The number of sulfonamides is 1. The Morgan fingerprint density at radius 1 is 1.29 bits per heavy atom. The van der Waals surface area contributed by atoms with E-state index in [4.69, 9.17) is 0 Å². The number of nitrogens with zero attached hydrogens (tertiary/aromatic N) is 1. The van der Waals surface area contributed by atoms with Crippen LogP contribution in [0.2, 0.25) is 0 Å². The zero-order valence-electron chi connectivity index (χ0n) is 13.3. The molecular weight excluding hydrogens is 332 g/mol. The van der Waals surface area contributed by atoms with E-state index in [-0.39, 0.29) is 16.2 Å². The number of aromatic nitrogens is 2. The minimum Gasteiger partial charge on any atom is -0.319 e. The average molecular weight is 352 g/mol. The molecule has 2 aromatic rings. The van der Waals surface area contributed by atoms with Gasteiger partial charge in [0.1, 0.15) is 0 Å². The minimum absolute atomic E-state index is 0.0673. The summed E-state index contributed by atoms with van der Waals surface area (Å²) in [5, 5.41) is 3.24. The molecule has 1 aliphatic rings. The summed E-state index contributed by atoms with van der Waals surface area (Å²) in [6, 6.07) is 4.20. The molecule has 8 nitrogen and oxygen atoms in total. The molecular formula is C15H20N4O4S. The third-order valence-electron chi connectivity index (χ3n) is 4.32. The molecule has 9 heteroatoms. The van der Waals surface area contributed by atoms with Crippen LogP contribution in [0.25, 0.3) is 10.9 Å². The fourth-order valence-electron chi connectivity index (χ4n) is 3.15. The normalized spacial score (nSPS) is 19.6. The van der Waals surface area contributed by atoms with Gasteiger partial charge in [-0.1, -0.05) is 0 Å². The molecule has 1 aromatic heterocycles. The Hall–Kier alpha value is -1.97. The fourth-order valence-corrected chi connectivity index (χ4v) is 4.74. The van der Waals surface area contributed by atoms with Gasteiger partial charge in [-0.05, 0) is 50.6 Å². The molecule has 1 atom stereocenters.